The molecular formula is C13H9BrClF3N2. The van der Waals surface area contributed by atoms with Gasteiger partial charge in [0.2, 0.25) is 0 Å². The van der Waals surface area contributed by atoms with Gasteiger partial charge >= 0.3 is 6.18 Å². The van der Waals surface area contributed by atoms with Crippen molar-refractivity contribution in [3.63, 3.8) is 0 Å². The molecule has 1 aromatic carbocycles. The van der Waals surface area contributed by atoms with Crippen LogP contribution in [-0.2, 0) is 12.7 Å². The molecule has 0 saturated heterocycles. The smallest absolute Gasteiger partial charge is 0.380 e. The van der Waals surface area contributed by atoms with Gasteiger partial charge in [-0.3, -0.25) is 4.98 Å². The number of nitrogens with zero attached hydrogens (tertiary/aromatic N) is 1. The molecular weight excluding hydrogens is 357 g/mol. The van der Waals surface area contributed by atoms with E-state index in [9.17, 15) is 13.2 Å². The van der Waals surface area contributed by atoms with Gasteiger partial charge in [-0.1, -0.05) is 11.6 Å². The molecule has 0 aliphatic heterocycles. The third-order valence-corrected chi connectivity index (χ3v) is 3.29. The predicted octanol–water partition coefficient (Wildman–Crippen LogP) is 5.13. The Bertz CT molecular complexity index is 617. The van der Waals surface area contributed by atoms with E-state index in [-0.39, 0.29) is 5.02 Å². The first-order chi connectivity index (χ1) is 9.36. The molecule has 0 spiro atoms. The third kappa shape index (κ3) is 3.86. The standard InChI is InChI=1S/C13H9BrClF3N2/c14-10-3-8(5-19-7-10)6-20-12-2-1-9(4-11(12)15)13(16,17)18/h1-5,7,20H,6H2. The molecule has 0 fully saturated rings. The number of alkyl halides is 3. The van der Waals surface area contributed by atoms with Crippen molar-refractivity contribution in [3.8, 4) is 0 Å². The second-order valence-corrected chi connectivity index (χ2v) is 5.38. The van der Waals surface area contributed by atoms with Gasteiger partial charge in [-0.15, -0.1) is 0 Å². The van der Waals surface area contributed by atoms with Crippen LogP contribution in [0, 0.1) is 0 Å². The van der Waals surface area contributed by atoms with E-state index in [0.29, 0.717) is 12.2 Å². The van der Waals surface area contributed by atoms with Crippen LogP contribution < -0.4 is 5.32 Å². The fourth-order valence-electron chi connectivity index (χ4n) is 1.58. The van der Waals surface area contributed by atoms with E-state index in [1.54, 1.807) is 12.4 Å². The molecule has 2 aromatic rings. The lowest BCUT2D eigenvalue weighted by Crippen LogP contribution is -2.06. The van der Waals surface area contributed by atoms with E-state index in [2.05, 4.69) is 26.2 Å². The largest absolute Gasteiger partial charge is 0.416 e. The highest BCUT2D eigenvalue weighted by Crippen LogP contribution is 2.33. The van der Waals surface area contributed by atoms with Gasteiger partial charge in [0.1, 0.15) is 0 Å². The average molecular weight is 366 g/mol. The van der Waals surface area contributed by atoms with Crippen molar-refractivity contribution in [1.29, 1.82) is 0 Å². The first-order valence-electron chi connectivity index (χ1n) is 5.56. The highest BCUT2D eigenvalue weighted by Gasteiger charge is 2.30. The third-order valence-electron chi connectivity index (χ3n) is 2.54. The molecule has 1 aromatic heterocycles. The van der Waals surface area contributed by atoms with Crippen LogP contribution >= 0.6 is 27.5 Å². The molecule has 7 heteroatoms. The Balaban J connectivity index is 2.11. The molecule has 0 amide bonds. The molecule has 2 nitrogen and oxygen atoms in total. The van der Waals surface area contributed by atoms with Gasteiger partial charge in [0.15, 0.2) is 0 Å². The molecule has 0 radical (unpaired) electrons. The number of halogens is 5. The van der Waals surface area contributed by atoms with Gasteiger partial charge in [0, 0.05) is 23.4 Å². The fraction of sp³-hybridized carbons (Fsp3) is 0.154. The van der Waals surface area contributed by atoms with Crippen molar-refractivity contribution in [2.45, 2.75) is 12.7 Å². The van der Waals surface area contributed by atoms with Gasteiger partial charge in [-0.2, -0.15) is 13.2 Å². The van der Waals surface area contributed by atoms with Crippen LogP contribution in [0.4, 0.5) is 18.9 Å². The lowest BCUT2D eigenvalue weighted by atomic mass is 10.2. The van der Waals surface area contributed by atoms with Crippen LogP contribution in [0.3, 0.4) is 0 Å². The summed E-state index contributed by atoms with van der Waals surface area (Å²) in [5.74, 6) is 0. The summed E-state index contributed by atoms with van der Waals surface area (Å²) in [6.07, 6.45) is -1.08. The number of hydrogen-bond acceptors (Lipinski definition) is 2. The predicted molar refractivity (Wildman–Crippen MR) is 75.7 cm³/mol. The molecule has 0 atom stereocenters. The first-order valence-corrected chi connectivity index (χ1v) is 6.73. The SMILES string of the molecule is FC(F)(F)c1ccc(NCc2cncc(Br)c2)c(Cl)c1. The number of aromatic nitrogens is 1. The maximum Gasteiger partial charge on any atom is 0.416 e. The topological polar surface area (TPSA) is 24.9 Å². The van der Waals surface area contributed by atoms with Gasteiger partial charge in [0.25, 0.3) is 0 Å². The molecule has 0 aliphatic carbocycles. The summed E-state index contributed by atoms with van der Waals surface area (Å²) in [5, 5.41) is 3.01. The molecule has 0 saturated carbocycles. The summed E-state index contributed by atoms with van der Waals surface area (Å²) in [6, 6.07) is 5.07. The van der Waals surface area contributed by atoms with E-state index in [4.69, 9.17) is 11.6 Å². The van der Waals surface area contributed by atoms with Crippen molar-refractivity contribution in [3.05, 3.63) is 57.3 Å². The first kappa shape index (κ1) is 15.1. The lowest BCUT2D eigenvalue weighted by molar-refractivity contribution is -0.137. The Morgan fingerprint density at radius 2 is 1.95 bits per heavy atom. The maximum atomic E-state index is 12.5. The van der Waals surface area contributed by atoms with Crippen LogP contribution in [0.1, 0.15) is 11.1 Å². The van der Waals surface area contributed by atoms with Gasteiger partial charge in [0.05, 0.1) is 16.3 Å². The summed E-state index contributed by atoms with van der Waals surface area (Å²) < 4.78 is 38.3. The van der Waals surface area contributed by atoms with Crippen LogP contribution in [0.15, 0.2) is 41.1 Å². The van der Waals surface area contributed by atoms with Crippen molar-refractivity contribution in [2.24, 2.45) is 0 Å². The summed E-state index contributed by atoms with van der Waals surface area (Å²) in [7, 11) is 0. The summed E-state index contributed by atoms with van der Waals surface area (Å²) in [5.41, 5.74) is 0.562. The van der Waals surface area contributed by atoms with E-state index in [1.807, 2.05) is 6.07 Å². The zero-order valence-corrected chi connectivity index (χ0v) is 12.4. The zero-order valence-electron chi connectivity index (χ0n) is 10.0. The minimum Gasteiger partial charge on any atom is -0.380 e. The Morgan fingerprint density at radius 3 is 2.55 bits per heavy atom. The molecule has 2 rings (SSSR count). The number of hydrogen-bond donors (Lipinski definition) is 1. The Morgan fingerprint density at radius 1 is 1.20 bits per heavy atom. The number of pyridine rings is 1. The average Bonchev–Trinajstić information content (AvgIpc) is 2.36. The van der Waals surface area contributed by atoms with E-state index < -0.39 is 11.7 Å². The van der Waals surface area contributed by atoms with Gasteiger partial charge < -0.3 is 5.32 Å². The van der Waals surface area contributed by atoms with Crippen molar-refractivity contribution in [2.75, 3.05) is 5.32 Å². The molecule has 106 valence electrons. The summed E-state index contributed by atoms with van der Waals surface area (Å²) >= 11 is 9.14. The maximum absolute atomic E-state index is 12.5. The van der Waals surface area contributed by atoms with E-state index in [1.165, 1.54) is 6.07 Å². The molecule has 1 heterocycles. The molecule has 0 bridgehead atoms. The monoisotopic (exact) mass is 364 g/mol. The van der Waals surface area contributed by atoms with Crippen LogP contribution in [0.25, 0.3) is 0 Å². The Kier molecular flexibility index (Phi) is 4.55. The second-order valence-electron chi connectivity index (χ2n) is 4.06. The van der Waals surface area contributed by atoms with Crippen molar-refractivity contribution >= 4 is 33.2 Å². The molecule has 0 unspecified atom stereocenters. The number of benzene rings is 1. The van der Waals surface area contributed by atoms with E-state index >= 15 is 0 Å². The molecule has 0 aliphatic rings. The van der Waals surface area contributed by atoms with Crippen LogP contribution in [0.2, 0.25) is 5.02 Å². The van der Waals surface area contributed by atoms with Crippen molar-refractivity contribution < 1.29 is 13.2 Å². The zero-order chi connectivity index (χ0) is 14.8. The lowest BCUT2D eigenvalue weighted by Gasteiger charge is -2.11. The quantitative estimate of drug-likeness (QED) is 0.816. The van der Waals surface area contributed by atoms with Gasteiger partial charge in [-0.25, -0.2) is 0 Å². The number of rotatable bonds is 3. The Hall–Kier alpha value is -1.27. The number of nitrogens with one attached hydrogen (secondary N) is 1. The highest BCUT2D eigenvalue weighted by atomic mass is 79.9. The normalized spacial score (nSPS) is 11.4. The van der Waals surface area contributed by atoms with Gasteiger partial charge in [-0.05, 0) is 45.8 Å². The van der Waals surface area contributed by atoms with Crippen LogP contribution in [0.5, 0.6) is 0 Å². The summed E-state index contributed by atoms with van der Waals surface area (Å²) in [4.78, 5) is 4.00. The minimum atomic E-state index is -4.39. The molecule has 20 heavy (non-hydrogen) atoms. The number of anilines is 1. The van der Waals surface area contributed by atoms with Crippen LogP contribution in [-0.4, -0.2) is 4.98 Å². The highest BCUT2D eigenvalue weighted by molar-refractivity contribution is 9.10. The minimum absolute atomic E-state index is 0.0304. The molecule has 1 N–H and O–H groups in total. The second kappa shape index (κ2) is 6.01. The fourth-order valence-corrected chi connectivity index (χ4v) is 2.24. The Labute approximate surface area is 127 Å². The summed E-state index contributed by atoms with van der Waals surface area (Å²) in [6.45, 7) is 0.414. The van der Waals surface area contributed by atoms with Crippen molar-refractivity contribution in [1.82, 2.24) is 4.98 Å². The van der Waals surface area contributed by atoms with E-state index in [0.717, 1.165) is 22.2 Å².